The number of benzene rings is 1. The van der Waals surface area contributed by atoms with Crippen molar-refractivity contribution in [1.82, 2.24) is 9.88 Å². The van der Waals surface area contributed by atoms with E-state index in [2.05, 4.69) is 9.88 Å². The van der Waals surface area contributed by atoms with E-state index < -0.39 is 17.7 Å². The summed E-state index contributed by atoms with van der Waals surface area (Å²) in [4.78, 5) is 19.4. The Morgan fingerprint density at radius 1 is 1.00 bits per heavy atom. The summed E-state index contributed by atoms with van der Waals surface area (Å²) >= 11 is 0. The smallest absolute Gasteiger partial charge is 0.416 e. The van der Waals surface area contributed by atoms with Gasteiger partial charge in [-0.2, -0.15) is 13.2 Å². The Hall–Kier alpha value is -2.41. The van der Waals surface area contributed by atoms with Crippen LogP contribution in [-0.4, -0.2) is 41.6 Å². The number of esters is 1. The molecule has 0 unspecified atom stereocenters. The highest BCUT2D eigenvalue weighted by Gasteiger charge is 2.49. The first-order valence-corrected chi connectivity index (χ1v) is 9.93. The van der Waals surface area contributed by atoms with Crippen LogP contribution >= 0.6 is 0 Å². The topological polar surface area (TPSA) is 42.4 Å². The van der Waals surface area contributed by atoms with E-state index in [0.717, 1.165) is 44.0 Å². The normalized spacial score (nSPS) is 30.4. The van der Waals surface area contributed by atoms with Gasteiger partial charge in [-0.3, -0.25) is 4.98 Å². The van der Waals surface area contributed by atoms with Crippen LogP contribution in [0.3, 0.4) is 0 Å². The van der Waals surface area contributed by atoms with Crippen molar-refractivity contribution in [3.05, 3.63) is 53.9 Å². The number of hydrogen-bond donors (Lipinski definition) is 0. The Morgan fingerprint density at radius 3 is 2.31 bits per heavy atom. The van der Waals surface area contributed by atoms with Crippen molar-refractivity contribution < 1.29 is 22.7 Å². The van der Waals surface area contributed by atoms with Gasteiger partial charge < -0.3 is 9.64 Å². The fraction of sp³-hybridized carbons (Fsp3) is 0.455. The average molecular weight is 402 g/mol. The Kier molecular flexibility index (Phi) is 4.38. The third kappa shape index (κ3) is 3.52. The monoisotopic (exact) mass is 402 g/mol. The summed E-state index contributed by atoms with van der Waals surface area (Å²) in [5.74, 6) is 1.12. The lowest BCUT2D eigenvalue weighted by atomic mass is 9.66. The van der Waals surface area contributed by atoms with Crippen LogP contribution in [0.4, 0.5) is 13.2 Å². The highest BCUT2D eigenvalue weighted by molar-refractivity contribution is 5.90. The molecule has 0 amide bonds. The minimum absolute atomic E-state index is 0.0509. The second-order valence-electron chi connectivity index (χ2n) is 8.48. The van der Waals surface area contributed by atoms with Crippen molar-refractivity contribution in [2.45, 2.75) is 25.1 Å². The first-order chi connectivity index (χ1) is 13.9. The second-order valence-corrected chi connectivity index (χ2v) is 8.48. The maximum absolute atomic E-state index is 12.8. The van der Waals surface area contributed by atoms with Crippen molar-refractivity contribution in [1.29, 1.82) is 0 Å². The lowest BCUT2D eigenvalue weighted by molar-refractivity contribution is -0.137. The minimum Gasteiger partial charge on any atom is -0.458 e. The number of alkyl halides is 3. The molecule has 7 heteroatoms. The molecular weight excluding hydrogens is 381 g/mol. The predicted molar refractivity (Wildman–Crippen MR) is 100 cm³/mol. The van der Waals surface area contributed by atoms with E-state index in [0.29, 0.717) is 28.5 Å². The van der Waals surface area contributed by atoms with Gasteiger partial charge in [-0.1, -0.05) is 12.1 Å². The maximum Gasteiger partial charge on any atom is 0.416 e. The highest BCUT2D eigenvalue weighted by Crippen LogP contribution is 2.45. The van der Waals surface area contributed by atoms with Gasteiger partial charge in [-0.05, 0) is 42.5 Å². The van der Waals surface area contributed by atoms with E-state index >= 15 is 0 Å². The van der Waals surface area contributed by atoms with Gasteiger partial charge in [0.25, 0.3) is 0 Å². The largest absolute Gasteiger partial charge is 0.458 e. The average Bonchev–Trinajstić information content (AvgIpc) is 2.69. The Labute approximate surface area is 166 Å². The molecule has 4 fully saturated rings. The number of halogens is 3. The highest BCUT2D eigenvalue weighted by atomic mass is 19.4. The van der Waals surface area contributed by atoms with E-state index in [9.17, 15) is 18.0 Å². The quantitative estimate of drug-likeness (QED) is 0.720. The number of aromatic nitrogens is 1. The van der Waals surface area contributed by atoms with Gasteiger partial charge >= 0.3 is 12.1 Å². The molecule has 2 atom stereocenters. The maximum atomic E-state index is 12.8. The third-order valence-electron chi connectivity index (χ3n) is 6.47. The third-order valence-corrected chi connectivity index (χ3v) is 6.47. The molecule has 0 radical (unpaired) electrons. The molecule has 0 spiro atoms. The summed E-state index contributed by atoms with van der Waals surface area (Å²) in [6.07, 6.45) is 0.803. The number of hydrogen-bond acceptors (Lipinski definition) is 4. The van der Waals surface area contributed by atoms with E-state index in [1.54, 1.807) is 6.07 Å². The van der Waals surface area contributed by atoms with Crippen LogP contribution in [0.5, 0.6) is 0 Å². The molecule has 6 rings (SSSR count). The van der Waals surface area contributed by atoms with Crippen LogP contribution in [0.2, 0.25) is 0 Å². The molecule has 1 aliphatic carbocycles. The molecule has 1 saturated carbocycles. The molecular formula is C22H21F3N2O2. The van der Waals surface area contributed by atoms with Gasteiger partial charge in [0.2, 0.25) is 0 Å². The van der Waals surface area contributed by atoms with Gasteiger partial charge in [-0.15, -0.1) is 0 Å². The molecule has 1 aromatic carbocycles. The minimum atomic E-state index is -4.38. The number of rotatable bonds is 3. The van der Waals surface area contributed by atoms with Gasteiger partial charge in [0, 0.05) is 49.4 Å². The van der Waals surface area contributed by atoms with E-state index in [-0.39, 0.29) is 6.10 Å². The molecule has 4 bridgehead atoms. The number of piperidine rings is 3. The number of nitrogens with zero attached hydrogens (tertiary/aromatic N) is 2. The van der Waals surface area contributed by atoms with Gasteiger partial charge in [0.1, 0.15) is 6.10 Å². The first kappa shape index (κ1) is 18.6. The standard InChI is InChI=1S/C22H21F3N2O2/c23-22(24,25)19-3-1-14(2-4-19)15-7-16(9-26-8-15)21(28)29-20-17-5-13-6-18(20)12-27(10-13)11-17/h1-4,7-9,13,17-18,20H,5-6,10-12H2/t13?,17-,18-,20?/m0/s1. The van der Waals surface area contributed by atoms with Gasteiger partial charge in [0.05, 0.1) is 11.1 Å². The fourth-order valence-corrected chi connectivity index (χ4v) is 5.31. The van der Waals surface area contributed by atoms with Gasteiger partial charge in [0.15, 0.2) is 0 Å². The van der Waals surface area contributed by atoms with Crippen LogP contribution in [0.1, 0.15) is 28.8 Å². The molecule has 3 saturated heterocycles. The second kappa shape index (κ2) is 6.83. The summed E-state index contributed by atoms with van der Waals surface area (Å²) in [5.41, 5.74) is 0.783. The molecule has 29 heavy (non-hydrogen) atoms. The lowest BCUT2D eigenvalue weighted by Crippen LogP contribution is -2.60. The van der Waals surface area contributed by atoms with Gasteiger partial charge in [-0.25, -0.2) is 4.79 Å². The van der Waals surface area contributed by atoms with Crippen molar-refractivity contribution in [3.63, 3.8) is 0 Å². The summed E-state index contributed by atoms with van der Waals surface area (Å²) in [6, 6.07) is 6.48. The van der Waals surface area contributed by atoms with E-state index in [1.165, 1.54) is 31.1 Å². The van der Waals surface area contributed by atoms with Crippen molar-refractivity contribution in [2.75, 3.05) is 19.6 Å². The Balaban J connectivity index is 1.32. The Morgan fingerprint density at radius 2 is 1.69 bits per heavy atom. The molecule has 4 aliphatic rings. The fourth-order valence-electron chi connectivity index (χ4n) is 5.31. The van der Waals surface area contributed by atoms with Crippen molar-refractivity contribution in [2.24, 2.45) is 17.8 Å². The zero-order valence-corrected chi connectivity index (χ0v) is 15.7. The summed E-state index contributed by atoms with van der Waals surface area (Å²) < 4.78 is 44.2. The predicted octanol–water partition coefficient (Wildman–Crippen LogP) is 4.26. The molecule has 4 nitrogen and oxygen atoms in total. The summed E-state index contributed by atoms with van der Waals surface area (Å²) in [6.45, 7) is 3.16. The number of carbonyl (C=O) groups excluding carboxylic acids is 1. The van der Waals surface area contributed by atoms with Crippen LogP contribution in [-0.2, 0) is 10.9 Å². The Bertz CT molecular complexity index is 898. The molecule has 1 aromatic heterocycles. The number of ether oxygens (including phenoxy) is 1. The first-order valence-electron chi connectivity index (χ1n) is 9.93. The van der Waals surface area contributed by atoms with Crippen LogP contribution in [0.25, 0.3) is 11.1 Å². The van der Waals surface area contributed by atoms with Crippen LogP contribution in [0, 0.1) is 17.8 Å². The molecule has 152 valence electrons. The molecule has 3 aliphatic heterocycles. The number of carbonyl (C=O) groups is 1. The van der Waals surface area contributed by atoms with Crippen molar-refractivity contribution in [3.8, 4) is 11.1 Å². The zero-order chi connectivity index (χ0) is 20.2. The van der Waals surface area contributed by atoms with E-state index in [1.807, 2.05) is 0 Å². The summed E-state index contributed by atoms with van der Waals surface area (Å²) in [5, 5.41) is 0. The molecule has 0 N–H and O–H groups in total. The van der Waals surface area contributed by atoms with Crippen LogP contribution in [0.15, 0.2) is 42.7 Å². The molecule has 4 heterocycles. The lowest BCUT2D eigenvalue weighted by Gasteiger charge is -2.55. The SMILES string of the molecule is O=C(OC1[C@H]2CC3C[C@H]1CN(C3)C2)c1cncc(-c2ccc(C(F)(F)F)cc2)c1. The molecule has 2 aromatic rings. The van der Waals surface area contributed by atoms with Crippen molar-refractivity contribution >= 4 is 5.97 Å². The summed E-state index contributed by atoms with van der Waals surface area (Å²) in [7, 11) is 0. The zero-order valence-electron chi connectivity index (χ0n) is 15.7. The van der Waals surface area contributed by atoms with Crippen LogP contribution < -0.4 is 0 Å². The van der Waals surface area contributed by atoms with E-state index in [4.69, 9.17) is 4.74 Å². The number of pyridine rings is 1.